The molecule has 1 aliphatic rings. The third-order valence-corrected chi connectivity index (χ3v) is 3.27. The topological polar surface area (TPSA) is 59.4 Å². The van der Waals surface area contributed by atoms with E-state index in [4.69, 9.17) is 4.74 Å². The van der Waals surface area contributed by atoms with E-state index < -0.39 is 0 Å². The van der Waals surface area contributed by atoms with E-state index in [-0.39, 0.29) is 5.91 Å². The van der Waals surface area contributed by atoms with E-state index in [2.05, 4.69) is 15.3 Å². The van der Waals surface area contributed by atoms with Gasteiger partial charge in [0.05, 0.1) is 18.9 Å². The second-order valence-corrected chi connectivity index (χ2v) is 4.86. The molecule has 1 N–H and O–H groups in total. The molecule has 0 unspecified atom stereocenters. The van der Waals surface area contributed by atoms with Crippen LogP contribution in [0.25, 0.3) is 0 Å². The molecule has 1 amide bonds. The first kappa shape index (κ1) is 14.0. The second kappa shape index (κ2) is 6.68. The van der Waals surface area contributed by atoms with Crippen LogP contribution in [-0.2, 0) is 11.8 Å². The van der Waals surface area contributed by atoms with Crippen LogP contribution in [0.1, 0.15) is 22.6 Å². The van der Waals surface area contributed by atoms with Crippen molar-refractivity contribution in [1.82, 2.24) is 20.0 Å². The zero-order valence-electron chi connectivity index (χ0n) is 11.7. The maximum atomic E-state index is 11.9. The van der Waals surface area contributed by atoms with Crippen LogP contribution in [0.4, 0.5) is 0 Å². The maximum absolute atomic E-state index is 11.9. The summed E-state index contributed by atoms with van der Waals surface area (Å²) in [5.41, 5.74) is 1.48. The van der Waals surface area contributed by atoms with E-state index >= 15 is 0 Å². The number of aromatic nitrogens is 2. The third-order valence-electron chi connectivity index (χ3n) is 3.27. The average Bonchev–Trinajstić information content (AvgIpc) is 2.75. The molecule has 0 aliphatic carbocycles. The lowest BCUT2D eigenvalue weighted by molar-refractivity contribution is 0.0374. The standard InChI is InChI=1S/C13H22N4O2/c1-11-10-12(16(2)15-11)13(18)14-4-3-5-17-6-8-19-9-7-17/h10H,3-9H2,1-2H3,(H,14,18). The number of nitrogens with one attached hydrogen (secondary N) is 1. The Hall–Kier alpha value is -1.40. The number of morpholine rings is 1. The predicted octanol–water partition coefficient (Wildman–Crippen LogP) is 0.181. The van der Waals surface area contributed by atoms with Crippen LogP contribution >= 0.6 is 0 Å². The van der Waals surface area contributed by atoms with E-state index in [0.717, 1.165) is 45.0 Å². The van der Waals surface area contributed by atoms with Crippen molar-refractivity contribution in [3.63, 3.8) is 0 Å². The zero-order chi connectivity index (χ0) is 13.7. The minimum absolute atomic E-state index is 0.0509. The minimum Gasteiger partial charge on any atom is -0.379 e. The van der Waals surface area contributed by atoms with Crippen molar-refractivity contribution >= 4 is 5.91 Å². The van der Waals surface area contributed by atoms with Gasteiger partial charge in [-0.3, -0.25) is 14.4 Å². The third kappa shape index (κ3) is 4.04. The quantitative estimate of drug-likeness (QED) is 0.772. The summed E-state index contributed by atoms with van der Waals surface area (Å²) in [4.78, 5) is 14.3. The van der Waals surface area contributed by atoms with Crippen LogP contribution < -0.4 is 5.32 Å². The molecule has 2 heterocycles. The number of rotatable bonds is 5. The molecule has 0 spiro atoms. The molecule has 0 radical (unpaired) electrons. The Morgan fingerprint density at radius 1 is 1.47 bits per heavy atom. The molecule has 0 saturated carbocycles. The van der Waals surface area contributed by atoms with Crippen LogP contribution in [0.2, 0.25) is 0 Å². The van der Waals surface area contributed by atoms with Crippen molar-refractivity contribution in [2.75, 3.05) is 39.4 Å². The van der Waals surface area contributed by atoms with Gasteiger partial charge in [0.1, 0.15) is 5.69 Å². The lowest BCUT2D eigenvalue weighted by Crippen LogP contribution is -2.38. The van der Waals surface area contributed by atoms with Gasteiger partial charge in [0.25, 0.3) is 5.91 Å². The molecule has 1 fully saturated rings. The summed E-state index contributed by atoms with van der Waals surface area (Å²) in [6, 6.07) is 1.80. The molecule has 1 saturated heterocycles. The highest BCUT2D eigenvalue weighted by molar-refractivity contribution is 5.92. The van der Waals surface area contributed by atoms with Gasteiger partial charge in [0.2, 0.25) is 0 Å². The first-order chi connectivity index (χ1) is 9.16. The Bertz CT molecular complexity index is 424. The molecule has 0 bridgehead atoms. The number of aryl methyl sites for hydroxylation is 2. The first-order valence-corrected chi connectivity index (χ1v) is 6.76. The van der Waals surface area contributed by atoms with Crippen molar-refractivity contribution in [2.24, 2.45) is 7.05 Å². The Morgan fingerprint density at radius 3 is 2.84 bits per heavy atom. The predicted molar refractivity (Wildman–Crippen MR) is 72.2 cm³/mol. The van der Waals surface area contributed by atoms with Crippen LogP contribution in [-0.4, -0.2) is 60.0 Å². The number of hydrogen-bond donors (Lipinski definition) is 1. The molecule has 106 valence electrons. The van der Waals surface area contributed by atoms with Gasteiger partial charge in [0, 0.05) is 26.7 Å². The number of carbonyl (C=O) groups is 1. The van der Waals surface area contributed by atoms with E-state index in [1.54, 1.807) is 17.8 Å². The van der Waals surface area contributed by atoms with Gasteiger partial charge < -0.3 is 10.1 Å². The van der Waals surface area contributed by atoms with Crippen LogP contribution in [0.3, 0.4) is 0 Å². The Morgan fingerprint density at radius 2 is 2.21 bits per heavy atom. The van der Waals surface area contributed by atoms with Crippen molar-refractivity contribution in [3.05, 3.63) is 17.5 Å². The molecular formula is C13H22N4O2. The van der Waals surface area contributed by atoms with Crippen molar-refractivity contribution in [1.29, 1.82) is 0 Å². The molecule has 6 heteroatoms. The molecule has 0 atom stereocenters. The zero-order valence-corrected chi connectivity index (χ0v) is 11.7. The highest BCUT2D eigenvalue weighted by atomic mass is 16.5. The molecule has 2 rings (SSSR count). The number of amides is 1. The van der Waals surface area contributed by atoms with Gasteiger partial charge in [-0.25, -0.2) is 0 Å². The number of carbonyl (C=O) groups excluding carboxylic acids is 1. The number of ether oxygens (including phenoxy) is 1. The average molecular weight is 266 g/mol. The van der Waals surface area contributed by atoms with Gasteiger partial charge in [-0.1, -0.05) is 0 Å². The number of hydrogen-bond acceptors (Lipinski definition) is 4. The summed E-state index contributed by atoms with van der Waals surface area (Å²) in [7, 11) is 1.79. The van der Waals surface area contributed by atoms with Gasteiger partial charge in [0.15, 0.2) is 0 Å². The Labute approximate surface area is 113 Å². The summed E-state index contributed by atoms with van der Waals surface area (Å²) < 4.78 is 6.91. The Balaban J connectivity index is 1.67. The molecule has 1 aromatic rings. The fourth-order valence-corrected chi connectivity index (χ4v) is 2.24. The van der Waals surface area contributed by atoms with Gasteiger partial charge in [-0.15, -0.1) is 0 Å². The van der Waals surface area contributed by atoms with Crippen LogP contribution in [0.15, 0.2) is 6.07 Å². The summed E-state index contributed by atoms with van der Waals surface area (Å²) in [6.07, 6.45) is 0.961. The summed E-state index contributed by atoms with van der Waals surface area (Å²) >= 11 is 0. The second-order valence-electron chi connectivity index (χ2n) is 4.86. The lowest BCUT2D eigenvalue weighted by Gasteiger charge is -2.26. The maximum Gasteiger partial charge on any atom is 0.269 e. The van der Waals surface area contributed by atoms with Crippen molar-refractivity contribution in [3.8, 4) is 0 Å². The largest absolute Gasteiger partial charge is 0.379 e. The summed E-state index contributed by atoms with van der Waals surface area (Å²) in [5, 5.41) is 7.10. The highest BCUT2D eigenvalue weighted by Crippen LogP contribution is 2.01. The summed E-state index contributed by atoms with van der Waals surface area (Å²) in [5.74, 6) is -0.0509. The van der Waals surface area contributed by atoms with Gasteiger partial charge in [-0.2, -0.15) is 5.10 Å². The molecule has 1 aromatic heterocycles. The van der Waals surface area contributed by atoms with Crippen molar-refractivity contribution < 1.29 is 9.53 Å². The monoisotopic (exact) mass is 266 g/mol. The van der Waals surface area contributed by atoms with E-state index in [9.17, 15) is 4.79 Å². The Kier molecular flexibility index (Phi) is 4.93. The molecule has 1 aliphatic heterocycles. The highest BCUT2D eigenvalue weighted by Gasteiger charge is 2.12. The minimum atomic E-state index is -0.0509. The fourth-order valence-electron chi connectivity index (χ4n) is 2.24. The normalized spacial score (nSPS) is 16.5. The number of nitrogens with zero attached hydrogens (tertiary/aromatic N) is 3. The van der Waals surface area contributed by atoms with E-state index in [1.807, 2.05) is 6.92 Å². The van der Waals surface area contributed by atoms with E-state index in [0.29, 0.717) is 12.2 Å². The first-order valence-electron chi connectivity index (χ1n) is 6.76. The van der Waals surface area contributed by atoms with Crippen LogP contribution in [0, 0.1) is 6.92 Å². The van der Waals surface area contributed by atoms with E-state index in [1.165, 1.54) is 0 Å². The SMILES string of the molecule is Cc1cc(C(=O)NCCCN2CCOCC2)n(C)n1. The van der Waals surface area contributed by atoms with Crippen LogP contribution in [0.5, 0.6) is 0 Å². The molecule has 0 aromatic carbocycles. The smallest absolute Gasteiger partial charge is 0.269 e. The lowest BCUT2D eigenvalue weighted by atomic mass is 10.3. The molecule has 6 nitrogen and oxygen atoms in total. The molecule has 19 heavy (non-hydrogen) atoms. The summed E-state index contributed by atoms with van der Waals surface area (Å²) in [6.45, 7) is 7.22. The van der Waals surface area contributed by atoms with Crippen molar-refractivity contribution in [2.45, 2.75) is 13.3 Å². The van der Waals surface area contributed by atoms with Gasteiger partial charge >= 0.3 is 0 Å². The molecular weight excluding hydrogens is 244 g/mol. The van der Waals surface area contributed by atoms with Gasteiger partial charge in [-0.05, 0) is 26.0 Å². The fraction of sp³-hybridized carbons (Fsp3) is 0.692.